The molecule has 0 spiro atoms. The van der Waals surface area contributed by atoms with Crippen molar-refractivity contribution in [3.05, 3.63) is 61.2 Å². The highest BCUT2D eigenvalue weighted by Gasteiger charge is 2.33. The predicted octanol–water partition coefficient (Wildman–Crippen LogP) is 3.87. The molecule has 0 aromatic heterocycles. The molecule has 2 aromatic carbocycles. The normalized spacial score (nSPS) is 16.0. The van der Waals surface area contributed by atoms with Crippen LogP contribution in [0.1, 0.15) is 19.3 Å². The standard InChI is InChI=1S/C22H24N2O3/c1-3-6-21(25)24-14-5-9-20(24)22(26)23-18-12-10-16(11-13-18)17-7-4-8-19(15-17)27-2/h3-4,7-8,10-13,15,20H,1,5-6,9,14H2,2H3,(H,23,26). The second-order valence-corrected chi connectivity index (χ2v) is 6.54. The number of carbonyl (C=O) groups is 2. The Balaban J connectivity index is 1.68. The molecule has 1 saturated heterocycles. The van der Waals surface area contributed by atoms with Gasteiger partial charge in [0.2, 0.25) is 11.8 Å². The minimum absolute atomic E-state index is 0.0453. The summed E-state index contributed by atoms with van der Waals surface area (Å²) in [6.45, 7) is 4.22. The maximum atomic E-state index is 12.6. The van der Waals surface area contributed by atoms with Gasteiger partial charge in [-0.05, 0) is 48.2 Å². The van der Waals surface area contributed by atoms with Crippen molar-refractivity contribution in [2.45, 2.75) is 25.3 Å². The van der Waals surface area contributed by atoms with E-state index in [1.807, 2.05) is 48.5 Å². The quantitative estimate of drug-likeness (QED) is 0.792. The number of nitrogens with zero attached hydrogens (tertiary/aromatic N) is 1. The molecule has 2 amide bonds. The molecular weight excluding hydrogens is 340 g/mol. The number of nitrogens with one attached hydrogen (secondary N) is 1. The summed E-state index contributed by atoms with van der Waals surface area (Å²) in [5, 5.41) is 2.93. The minimum atomic E-state index is -0.407. The maximum absolute atomic E-state index is 12.6. The first kappa shape index (κ1) is 18.7. The molecule has 5 heteroatoms. The molecule has 1 unspecified atom stereocenters. The van der Waals surface area contributed by atoms with E-state index >= 15 is 0 Å². The summed E-state index contributed by atoms with van der Waals surface area (Å²) in [5.41, 5.74) is 2.80. The van der Waals surface area contributed by atoms with Gasteiger partial charge < -0.3 is 15.0 Å². The molecule has 1 fully saturated rings. The van der Waals surface area contributed by atoms with E-state index in [9.17, 15) is 9.59 Å². The maximum Gasteiger partial charge on any atom is 0.247 e. The van der Waals surface area contributed by atoms with Crippen molar-refractivity contribution in [1.29, 1.82) is 0 Å². The Morgan fingerprint density at radius 3 is 2.70 bits per heavy atom. The second-order valence-electron chi connectivity index (χ2n) is 6.54. The average molecular weight is 364 g/mol. The van der Waals surface area contributed by atoms with E-state index in [0.29, 0.717) is 13.0 Å². The Morgan fingerprint density at radius 1 is 1.22 bits per heavy atom. The first-order valence-electron chi connectivity index (χ1n) is 9.08. The van der Waals surface area contributed by atoms with E-state index in [1.165, 1.54) is 0 Å². The van der Waals surface area contributed by atoms with Crippen LogP contribution in [-0.2, 0) is 9.59 Å². The van der Waals surface area contributed by atoms with Crippen LogP contribution in [0.15, 0.2) is 61.2 Å². The number of carbonyl (C=O) groups excluding carboxylic acids is 2. The molecule has 1 heterocycles. The zero-order chi connectivity index (χ0) is 19.2. The van der Waals surface area contributed by atoms with E-state index in [-0.39, 0.29) is 18.2 Å². The molecule has 0 saturated carbocycles. The van der Waals surface area contributed by atoms with Gasteiger partial charge in [-0.1, -0.05) is 30.3 Å². The first-order chi connectivity index (χ1) is 13.1. The van der Waals surface area contributed by atoms with Gasteiger partial charge in [-0.2, -0.15) is 0 Å². The van der Waals surface area contributed by atoms with Gasteiger partial charge in [-0.3, -0.25) is 9.59 Å². The Morgan fingerprint density at radius 2 is 2.00 bits per heavy atom. The molecule has 0 radical (unpaired) electrons. The number of amides is 2. The molecule has 1 aliphatic rings. The molecule has 0 aliphatic carbocycles. The highest BCUT2D eigenvalue weighted by Crippen LogP contribution is 2.26. The van der Waals surface area contributed by atoms with E-state index in [2.05, 4.69) is 11.9 Å². The van der Waals surface area contributed by atoms with E-state index < -0.39 is 6.04 Å². The van der Waals surface area contributed by atoms with Crippen molar-refractivity contribution in [2.24, 2.45) is 0 Å². The summed E-state index contributed by atoms with van der Waals surface area (Å²) in [5.74, 6) is 0.616. The Hall–Kier alpha value is -3.08. The van der Waals surface area contributed by atoms with Gasteiger partial charge in [-0.15, -0.1) is 6.58 Å². The Labute approximate surface area is 159 Å². The summed E-state index contributed by atoms with van der Waals surface area (Å²) in [6, 6.07) is 15.1. The third-order valence-corrected chi connectivity index (χ3v) is 4.75. The number of ether oxygens (including phenoxy) is 1. The van der Waals surface area contributed by atoms with Crippen LogP contribution < -0.4 is 10.1 Å². The first-order valence-corrected chi connectivity index (χ1v) is 9.08. The summed E-state index contributed by atoms with van der Waals surface area (Å²) >= 11 is 0. The number of benzene rings is 2. The van der Waals surface area contributed by atoms with Crippen LogP contribution in [0.25, 0.3) is 11.1 Å². The second kappa shape index (κ2) is 8.54. The lowest BCUT2D eigenvalue weighted by Gasteiger charge is -2.23. The molecule has 1 N–H and O–H groups in total. The molecule has 27 heavy (non-hydrogen) atoms. The molecule has 1 aliphatic heterocycles. The number of rotatable bonds is 6. The van der Waals surface area contributed by atoms with Crippen LogP contribution in [0, 0.1) is 0 Å². The number of methoxy groups -OCH3 is 1. The topological polar surface area (TPSA) is 58.6 Å². The molecule has 2 aromatic rings. The monoisotopic (exact) mass is 364 g/mol. The van der Waals surface area contributed by atoms with Gasteiger partial charge in [-0.25, -0.2) is 0 Å². The third-order valence-electron chi connectivity index (χ3n) is 4.75. The number of hydrogen-bond acceptors (Lipinski definition) is 3. The van der Waals surface area contributed by atoms with Crippen LogP contribution in [0.3, 0.4) is 0 Å². The summed E-state index contributed by atoms with van der Waals surface area (Å²) < 4.78 is 5.26. The largest absolute Gasteiger partial charge is 0.497 e. The van der Waals surface area contributed by atoms with Gasteiger partial charge in [0.1, 0.15) is 11.8 Å². The van der Waals surface area contributed by atoms with Crippen molar-refractivity contribution in [1.82, 2.24) is 4.90 Å². The smallest absolute Gasteiger partial charge is 0.247 e. The lowest BCUT2D eigenvalue weighted by atomic mass is 10.0. The van der Waals surface area contributed by atoms with Crippen molar-refractivity contribution < 1.29 is 14.3 Å². The van der Waals surface area contributed by atoms with Crippen molar-refractivity contribution >= 4 is 17.5 Å². The zero-order valence-corrected chi connectivity index (χ0v) is 15.5. The Kier molecular flexibility index (Phi) is 5.91. The van der Waals surface area contributed by atoms with E-state index in [4.69, 9.17) is 4.74 Å². The van der Waals surface area contributed by atoms with Gasteiger partial charge in [0.25, 0.3) is 0 Å². The lowest BCUT2D eigenvalue weighted by molar-refractivity contribution is -0.135. The number of anilines is 1. The number of likely N-dealkylation sites (tertiary alicyclic amines) is 1. The van der Waals surface area contributed by atoms with Gasteiger partial charge in [0, 0.05) is 18.7 Å². The van der Waals surface area contributed by atoms with Crippen LogP contribution in [-0.4, -0.2) is 36.4 Å². The highest BCUT2D eigenvalue weighted by atomic mass is 16.5. The fourth-order valence-electron chi connectivity index (χ4n) is 3.35. The molecule has 0 bridgehead atoms. The molecular formula is C22H24N2O3. The third kappa shape index (κ3) is 4.37. The summed E-state index contributed by atoms with van der Waals surface area (Å²) in [4.78, 5) is 26.4. The molecule has 1 atom stereocenters. The van der Waals surface area contributed by atoms with Gasteiger partial charge >= 0.3 is 0 Å². The van der Waals surface area contributed by atoms with E-state index in [1.54, 1.807) is 18.1 Å². The van der Waals surface area contributed by atoms with Crippen LogP contribution in [0.4, 0.5) is 5.69 Å². The van der Waals surface area contributed by atoms with E-state index in [0.717, 1.165) is 29.0 Å². The fraction of sp³-hybridized carbons (Fsp3) is 0.273. The Bertz CT molecular complexity index is 830. The average Bonchev–Trinajstić information content (AvgIpc) is 3.19. The molecule has 5 nitrogen and oxygen atoms in total. The number of hydrogen-bond donors (Lipinski definition) is 1. The van der Waals surface area contributed by atoms with Gasteiger partial charge in [0.15, 0.2) is 0 Å². The SMILES string of the molecule is C=CCC(=O)N1CCCC1C(=O)Nc1ccc(-c2cccc(OC)c2)cc1. The predicted molar refractivity (Wildman–Crippen MR) is 107 cm³/mol. The van der Waals surface area contributed by atoms with Gasteiger partial charge in [0.05, 0.1) is 7.11 Å². The van der Waals surface area contributed by atoms with Crippen LogP contribution in [0.2, 0.25) is 0 Å². The lowest BCUT2D eigenvalue weighted by Crippen LogP contribution is -2.42. The van der Waals surface area contributed by atoms with Crippen LogP contribution in [0.5, 0.6) is 5.75 Å². The summed E-state index contributed by atoms with van der Waals surface area (Å²) in [7, 11) is 1.64. The minimum Gasteiger partial charge on any atom is -0.497 e. The van der Waals surface area contributed by atoms with Crippen molar-refractivity contribution in [3.63, 3.8) is 0 Å². The van der Waals surface area contributed by atoms with Crippen LogP contribution >= 0.6 is 0 Å². The fourth-order valence-corrected chi connectivity index (χ4v) is 3.35. The molecule has 140 valence electrons. The zero-order valence-electron chi connectivity index (χ0n) is 15.5. The highest BCUT2D eigenvalue weighted by molar-refractivity contribution is 5.97. The van der Waals surface area contributed by atoms with Crippen molar-refractivity contribution in [2.75, 3.05) is 19.0 Å². The summed E-state index contributed by atoms with van der Waals surface area (Å²) in [6.07, 6.45) is 3.37. The molecule has 3 rings (SSSR count). The van der Waals surface area contributed by atoms with Crippen molar-refractivity contribution in [3.8, 4) is 16.9 Å².